The minimum Gasteiger partial charge on any atom is -0.450 e. The molecule has 0 fully saturated rings. The van der Waals surface area contributed by atoms with E-state index in [0.717, 1.165) is 47.6 Å². The zero-order valence-electron chi connectivity index (χ0n) is 21.5. The highest BCUT2D eigenvalue weighted by molar-refractivity contribution is 5.93. The third-order valence-corrected chi connectivity index (χ3v) is 6.46. The summed E-state index contributed by atoms with van der Waals surface area (Å²) in [6.07, 6.45) is 12.9. The maximum atomic E-state index is 12.8. The van der Waals surface area contributed by atoms with E-state index >= 15 is 0 Å². The van der Waals surface area contributed by atoms with Gasteiger partial charge >= 0.3 is 6.09 Å². The van der Waals surface area contributed by atoms with Gasteiger partial charge in [0.15, 0.2) is 5.82 Å². The van der Waals surface area contributed by atoms with E-state index in [4.69, 9.17) is 4.74 Å². The predicted octanol–water partition coefficient (Wildman–Crippen LogP) is 4.38. The van der Waals surface area contributed by atoms with E-state index in [2.05, 4.69) is 45.0 Å². The van der Waals surface area contributed by atoms with Crippen LogP contribution in [0.1, 0.15) is 79.8 Å². The molecule has 9 nitrogen and oxygen atoms in total. The number of aryl methyl sites for hydroxylation is 1. The van der Waals surface area contributed by atoms with Gasteiger partial charge in [0.1, 0.15) is 11.5 Å². The first-order valence-electron chi connectivity index (χ1n) is 12.6. The molecule has 0 saturated carbocycles. The van der Waals surface area contributed by atoms with Crippen molar-refractivity contribution < 1.29 is 14.3 Å². The molecule has 0 saturated heterocycles. The Bertz CT molecular complexity index is 1230. The first-order chi connectivity index (χ1) is 17.4. The van der Waals surface area contributed by atoms with Gasteiger partial charge in [-0.1, -0.05) is 25.2 Å². The number of nitrogens with one attached hydrogen (secondary N) is 1. The molecule has 0 spiro atoms. The summed E-state index contributed by atoms with van der Waals surface area (Å²) in [7, 11) is 0. The molecule has 0 aromatic carbocycles. The Hall–Kier alpha value is -3.75. The van der Waals surface area contributed by atoms with Crippen LogP contribution in [0.15, 0.2) is 42.3 Å². The summed E-state index contributed by atoms with van der Waals surface area (Å²) in [6.45, 7) is 9.24. The molecule has 0 radical (unpaired) electrons. The van der Waals surface area contributed by atoms with Crippen molar-refractivity contribution in [2.45, 2.75) is 66.0 Å². The number of rotatable bonds is 7. The van der Waals surface area contributed by atoms with E-state index in [9.17, 15) is 9.59 Å². The highest BCUT2D eigenvalue weighted by atomic mass is 16.6. The van der Waals surface area contributed by atoms with Crippen molar-refractivity contribution in [3.8, 4) is 0 Å². The van der Waals surface area contributed by atoms with Crippen LogP contribution in [0.3, 0.4) is 0 Å². The molecule has 1 unspecified atom stereocenters. The van der Waals surface area contributed by atoms with E-state index in [1.165, 1.54) is 0 Å². The molecule has 2 aromatic rings. The fourth-order valence-corrected chi connectivity index (χ4v) is 4.59. The Kier molecular flexibility index (Phi) is 7.97. The summed E-state index contributed by atoms with van der Waals surface area (Å²) >= 11 is 0. The number of ether oxygens (including phenoxy) is 1. The smallest absolute Gasteiger partial charge is 0.410 e. The molecule has 2 aromatic heterocycles. The maximum Gasteiger partial charge on any atom is 0.410 e. The number of carbonyl (C=O) groups is 2. The molecule has 4 rings (SSSR count). The molecule has 1 atom stereocenters. The SMILES string of the molecule is CC/C=C(/C=C\C=C(/C)NC(=O)c1cc2c(cn1)CCN(C(=O)OCC)C2)c1nnc2n1C(C)CC2. The van der Waals surface area contributed by atoms with Crippen LogP contribution in [-0.4, -0.2) is 49.8 Å². The van der Waals surface area contributed by atoms with Gasteiger partial charge in [0.05, 0.1) is 6.61 Å². The number of hydrogen-bond donors (Lipinski definition) is 1. The Morgan fingerprint density at radius 2 is 2.06 bits per heavy atom. The third-order valence-electron chi connectivity index (χ3n) is 6.46. The normalized spacial score (nSPS) is 17.8. The molecule has 36 heavy (non-hydrogen) atoms. The highest BCUT2D eigenvalue weighted by Crippen LogP contribution is 2.29. The van der Waals surface area contributed by atoms with E-state index in [1.54, 1.807) is 24.1 Å². The van der Waals surface area contributed by atoms with Crippen LogP contribution in [-0.2, 0) is 24.1 Å². The highest BCUT2D eigenvalue weighted by Gasteiger charge is 2.25. The second-order valence-corrected chi connectivity index (χ2v) is 9.14. The number of aromatic nitrogens is 4. The van der Waals surface area contributed by atoms with Crippen molar-refractivity contribution in [2.75, 3.05) is 13.2 Å². The lowest BCUT2D eigenvalue weighted by Crippen LogP contribution is -2.36. The Morgan fingerprint density at radius 1 is 1.22 bits per heavy atom. The molecular weight excluding hydrogens is 456 g/mol. The number of nitrogens with zero attached hydrogens (tertiary/aromatic N) is 5. The molecule has 0 aliphatic carbocycles. The van der Waals surface area contributed by atoms with Crippen molar-refractivity contribution in [2.24, 2.45) is 0 Å². The number of amides is 2. The van der Waals surface area contributed by atoms with Crippen LogP contribution in [0.2, 0.25) is 0 Å². The fourth-order valence-electron chi connectivity index (χ4n) is 4.59. The summed E-state index contributed by atoms with van der Waals surface area (Å²) in [6, 6.07) is 2.15. The van der Waals surface area contributed by atoms with Crippen molar-refractivity contribution in [3.05, 3.63) is 70.7 Å². The molecule has 2 aliphatic heterocycles. The number of carbonyl (C=O) groups excluding carboxylic acids is 2. The Balaban J connectivity index is 1.42. The van der Waals surface area contributed by atoms with Gasteiger partial charge in [-0.25, -0.2) is 4.79 Å². The first-order valence-corrected chi connectivity index (χ1v) is 12.6. The summed E-state index contributed by atoms with van der Waals surface area (Å²) in [4.78, 5) is 30.9. The van der Waals surface area contributed by atoms with Crippen molar-refractivity contribution in [1.82, 2.24) is 30.0 Å². The second kappa shape index (κ2) is 11.3. The van der Waals surface area contributed by atoms with E-state index in [-0.39, 0.29) is 12.0 Å². The average Bonchev–Trinajstić information content (AvgIpc) is 3.46. The number of hydrogen-bond acceptors (Lipinski definition) is 6. The minimum atomic E-state index is -0.335. The monoisotopic (exact) mass is 490 g/mol. The average molecular weight is 491 g/mol. The molecule has 2 amide bonds. The van der Waals surface area contributed by atoms with Gasteiger partial charge in [-0.15, -0.1) is 10.2 Å². The lowest BCUT2D eigenvalue weighted by molar-refractivity contribution is 0.0960. The summed E-state index contributed by atoms with van der Waals surface area (Å²) < 4.78 is 7.33. The minimum absolute atomic E-state index is 0.290. The van der Waals surface area contributed by atoms with Crippen LogP contribution < -0.4 is 5.32 Å². The summed E-state index contributed by atoms with van der Waals surface area (Å²) in [5, 5.41) is 11.7. The standard InChI is InChI=1S/C27H34N6O3/c1-5-8-20(25-31-30-24-12-11-19(4)33(24)25)10-7-9-18(3)29-26(34)23-15-22-17-32(27(35)36-6-2)14-13-21(22)16-28-23/h7-10,15-16,19H,5-6,11-14,17H2,1-4H3,(H,29,34)/b10-7-,18-9+,20-8-. The number of fused-ring (bicyclic) bond motifs is 2. The van der Waals surface area contributed by atoms with Gasteiger partial charge in [-0.3, -0.25) is 9.78 Å². The summed E-state index contributed by atoms with van der Waals surface area (Å²) in [5.74, 6) is 1.63. The van der Waals surface area contributed by atoms with Crippen LogP contribution in [0.25, 0.3) is 5.57 Å². The lowest BCUT2D eigenvalue weighted by atomic mass is 10.0. The van der Waals surface area contributed by atoms with E-state index < -0.39 is 0 Å². The fraction of sp³-hybridized carbons (Fsp3) is 0.444. The molecule has 2 aliphatic rings. The Morgan fingerprint density at radius 3 is 2.83 bits per heavy atom. The van der Waals surface area contributed by atoms with Gasteiger partial charge in [0.25, 0.3) is 5.91 Å². The molecular formula is C27H34N6O3. The maximum absolute atomic E-state index is 12.8. The van der Waals surface area contributed by atoms with Gasteiger partial charge in [-0.2, -0.15) is 0 Å². The van der Waals surface area contributed by atoms with Crippen LogP contribution in [0.4, 0.5) is 4.79 Å². The molecule has 190 valence electrons. The Labute approximate surface area is 211 Å². The molecule has 1 N–H and O–H groups in total. The van der Waals surface area contributed by atoms with Crippen LogP contribution >= 0.6 is 0 Å². The molecule has 4 heterocycles. The summed E-state index contributed by atoms with van der Waals surface area (Å²) in [5.41, 5.74) is 3.99. The van der Waals surface area contributed by atoms with Crippen molar-refractivity contribution in [3.63, 3.8) is 0 Å². The van der Waals surface area contributed by atoms with Crippen molar-refractivity contribution in [1.29, 1.82) is 0 Å². The number of allylic oxidation sites excluding steroid dienone is 6. The van der Waals surface area contributed by atoms with Gasteiger partial charge in [0, 0.05) is 43.0 Å². The zero-order chi connectivity index (χ0) is 25.7. The van der Waals surface area contributed by atoms with Gasteiger partial charge in [-0.05, 0) is 63.3 Å². The second-order valence-electron chi connectivity index (χ2n) is 9.14. The topological polar surface area (TPSA) is 102 Å². The van der Waals surface area contributed by atoms with Crippen LogP contribution in [0.5, 0.6) is 0 Å². The zero-order valence-corrected chi connectivity index (χ0v) is 21.5. The van der Waals surface area contributed by atoms with E-state index in [1.807, 2.05) is 25.2 Å². The first kappa shape index (κ1) is 25.3. The quantitative estimate of drug-likeness (QED) is 0.578. The lowest BCUT2D eigenvalue weighted by Gasteiger charge is -2.28. The van der Waals surface area contributed by atoms with E-state index in [0.29, 0.717) is 43.6 Å². The largest absolute Gasteiger partial charge is 0.450 e. The third kappa shape index (κ3) is 5.56. The molecule has 0 bridgehead atoms. The van der Waals surface area contributed by atoms with Gasteiger partial charge < -0.3 is 19.5 Å². The van der Waals surface area contributed by atoms with Crippen LogP contribution in [0, 0.1) is 0 Å². The van der Waals surface area contributed by atoms with Gasteiger partial charge in [0.2, 0.25) is 0 Å². The molecule has 9 heteroatoms. The number of pyridine rings is 1. The predicted molar refractivity (Wildman–Crippen MR) is 137 cm³/mol. The van der Waals surface area contributed by atoms with Crippen molar-refractivity contribution >= 4 is 17.6 Å².